The first-order chi connectivity index (χ1) is 20.6. The maximum absolute atomic E-state index is 14.1. The number of rotatable bonds is 12. The highest BCUT2D eigenvalue weighted by Crippen LogP contribution is 2.35. The fourth-order valence-corrected chi connectivity index (χ4v) is 5.67. The van der Waals surface area contributed by atoms with Crippen molar-refractivity contribution in [3.8, 4) is 0 Å². The molecule has 4 rings (SSSR count). The third kappa shape index (κ3) is 7.18. The van der Waals surface area contributed by atoms with Crippen LogP contribution in [0.2, 0.25) is 0 Å². The van der Waals surface area contributed by atoms with Gasteiger partial charge in [0.15, 0.2) is 0 Å². The zero-order valence-corrected chi connectivity index (χ0v) is 25.4. The van der Waals surface area contributed by atoms with Crippen molar-refractivity contribution in [3.63, 3.8) is 0 Å². The molecule has 0 bridgehead atoms. The SMILES string of the molecule is CC[C@H](C)[C@H](NC(=O)[C@@]1(NC(=O)[C@@H](NC(=O)OCc2ccccc2)[C@@H](C)CC)CCc2[nH]c3ccccc3c2C1)C(N)=O. The lowest BCUT2D eigenvalue weighted by Gasteiger charge is -2.39. The monoisotopic (exact) mass is 589 g/mol. The summed E-state index contributed by atoms with van der Waals surface area (Å²) in [5, 5.41) is 9.60. The van der Waals surface area contributed by atoms with Crippen LogP contribution in [0.15, 0.2) is 54.6 Å². The number of fused-ring (bicyclic) bond motifs is 3. The normalized spacial score (nSPS) is 18.9. The zero-order valence-electron chi connectivity index (χ0n) is 25.4. The van der Waals surface area contributed by atoms with Crippen molar-refractivity contribution in [2.24, 2.45) is 17.6 Å². The van der Waals surface area contributed by atoms with Crippen LogP contribution in [0.1, 0.15) is 63.8 Å². The second-order valence-corrected chi connectivity index (χ2v) is 11.7. The summed E-state index contributed by atoms with van der Waals surface area (Å²) in [6.45, 7) is 7.61. The number of aryl methyl sites for hydroxylation is 1. The van der Waals surface area contributed by atoms with Gasteiger partial charge < -0.3 is 31.4 Å². The molecule has 10 heteroatoms. The van der Waals surface area contributed by atoms with Gasteiger partial charge in [-0.2, -0.15) is 0 Å². The minimum Gasteiger partial charge on any atom is -0.445 e. The van der Waals surface area contributed by atoms with E-state index in [9.17, 15) is 19.2 Å². The summed E-state index contributed by atoms with van der Waals surface area (Å²) in [6.07, 6.45) is 1.51. The van der Waals surface area contributed by atoms with Crippen LogP contribution in [0.25, 0.3) is 10.9 Å². The molecular weight excluding hydrogens is 546 g/mol. The van der Waals surface area contributed by atoms with E-state index in [4.69, 9.17) is 10.5 Å². The number of alkyl carbamates (subject to hydrolysis) is 1. The highest BCUT2D eigenvalue weighted by Gasteiger charge is 2.46. The smallest absolute Gasteiger partial charge is 0.408 e. The van der Waals surface area contributed by atoms with Crippen molar-refractivity contribution < 1.29 is 23.9 Å². The molecule has 0 aliphatic heterocycles. The molecule has 2 aromatic carbocycles. The average molecular weight is 590 g/mol. The zero-order chi connectivity index (χ0) is 31.1. The van der Waals surface area contributed by atoms with Crippen LogP contribution in [0, 0.1) is 11.8 Å². The minimum atomic E-state index is -1.38. The van der Waals surface area contributed by atoms with Crippen LogP contribution in [0.5, 0.6) is 0 Å². The Bertz CT molecular complexity index is 1450. The van der Waals surface area contributed by atoms with Gasteiger partial charge in [0.1, 0.15) is 24.2 Å². The quantitative estimate of drug-likeness (QED) is 0.217. The molecular formula is C33H43N5O5. The van der Waals surface area contributed by atoms with Crippen molar-refractivity contribution >= 4 is 34.7 Å². The maximum atomic E-state index is 14.1. The number of hydrogen-bond acceptors (Lipinski definition) is 5. The molecule has 0 spiro atoms. The second kappa shape index (κ2) is 13.8. The number of ether oxygens (including phenoxy) is 1. The van der Waals surface area contributed by atoms with E-state index in [1.54, 1.807) is 0 Å². The molecule has 0 saturated carbocycles. The van der Waals surface area contributed by atoms with Gasteiger partial charge in [-0.1, -0.05) is 89.1 Å². The lowest BCUT2D eigenvalue weighted by molar-refractivity contribution is -0.137. The van der Waals surface area contributed by atoms with E-state index in [0.29, 0.717) is 25.7 Å². The number of amides is 4. The number of benzene rings is 2. The van der Waals surface area contributed by atoms with Crippen molar-refractivity contribution in [1.29, 1.82) is 0 Å². The predicted molar refractivity (Wildman–Crippen MR) is 165 cm³/mol. The first-order valence-electron chi connectivity index (χ1n) is 15.1. The lowest BCUT2D eigenvalue weighted by Crippen LogP contribution is -2.67. The van der Waals surface area contributed by atoms with Crippen molar-refractivity contribution in [2.75, 3.05) is 0 Å². The van der Waals surface area contributed by atoms with Gasteiger partial charge in [-0.25, -0.2) is 4.79 Å². The largest absolute Gasteiger partial charge is 0.445 e. The van der Waals surface area contributed by atoms with E-state index in [1.165, 1.54) is 0 Å². The molecule has 4 amide bonds. The number of para-hydroxylation sites is 1. The first kappa shape index (κ1) is 31.6. The molecule has 6 N–H and O–H groups in total. The Morgan fingerprint density at radius 1 is 0.930 bits per heavy atom. The number of nitrogens with one attached hydrogen (secondary N) is 4. The van der Waals surface area contributed by atoms with Crippen molar-refractivity contribution in [3.05, 3.63) is 71.4 Å². The molecule has 0 radical (unpaired) electrons. The third-order valence-corrected chi connectivity index (χ3v) is 8.77. The Labute approximate surface area is 252 Å². The molecule has 10 nitrogen and oxygen atoms in total. The number of nitrogens with two attached hydrogens (primary N) is 1. The lowest BCUT2D eigenvalue weighted by atomic mass is 9.78. The molecule has 1 aliphatic rings. The summed E-state index contributed by atoms with van der Waals surface area (Å²) in [5.41, 5.74) is 8.03. The number of H-pyrrole nitrogens is 1. The Kier molecular flexibility index (Phi) is 10.1. The van der Waals surface area contributed by atoms with Gasteiger partial charge in [-0.15, -0.1) is 0 Å². The highest BCUT2D eigenvalue weighted by molar-refractivity contribution is 5.98. The van der Waals surface area contributed by atoms with Crippen LogP contribution < -0.4 is 21.7 Å². The predicted octanol–water partition coefficient (Wildman–Crippen LogP) is 3.87. The summed E-state index contributed by atoms with van der Waals surface area (Å²) in [7, 11) is 0. The number of aromatic amines is 1. The van der Waals surface area contributed by atoms with E-state index in [2.05, 4.69) is 20.9 Å². The molecule has 1 aromatic heterocycles. The number of carbonyl (C=O) groups excluding carboxylic acids is 4. The van der Waals surface area contributed by atoms with E-state index >= 15 is 0 Å². The molecule has 0 fully saturated rings. The van der Waals surface area contributed by atoms with Crippen LogP contribution >= 0.6 is 0 Å². The minimum absolute atomic E-state index is 0.0569. The molecule has 0 saturated heterocycles. The van der Waals surface area contributed by atoms with Crippen LogP contribution in [0.3, 0.4) is 0 Å². The Hall–Kier alpha value is -4.34. The number of carbonyl (C=O) groups is 4. The molecule has 1 aliphatic carbocycles. The topological polar surface area (TPSA) is 155 Å². The van der Waals surface area contributed by atoms with Gasteiger partial charge in [0.2, 0.25) is 17.7 Å². The van der Waals surface area contributed by atoms with Gasteiger partial charge in [-0.3, -0.25) is 14.4 Å². The molecule has 0 unspecified atom stereocenters. The van der Waals surface area contributed by atoms with Gasteiger partial charge in [0.05, 0.1) is 0 Å². The summed E-state index contributed by atoms with van der Waals surface area (Å²) < 4.78 is 5.40. The first-order valence-corrected chi connectivity index (χ1v) is 15.1. The van der Waals surface area contributed by atoms with Crippen LogP contribution in [-0.4, -0.2) is 46.4 Å². The highest BCUT2D eigenvalue weighted by atomic mass is 16.5. The Balaban J connectivity index is 1.62. The fraction of sp³-hybridized carbons (Fsp3) is 0.455. The van der Waals surface area contributed by atoms with Gasteiger partial charge in [0, 0.05) is 23.0 Å². The Morgan fingerprint density at radius 3 is 2.26 bits per heavy atom. The standard InChI is InChI=1S/C33H43N5O5/c1-5-20(3)27(29(34)39)36-31(41)33(17-16-26-24(18-33)23-14-10-11-15-25(23)35-26)38-30(40)28(21(4)6-2)37-32(42)43-19-22-12-8-7-9-13-22/h7-15,20-21,27-28,35H,5-6,16-19H2,1-4H3,(H2,34,39)(H,36,41)(H,37,42)(H,38,40)/t20-,21-,27-,28-,33+/m0/s1. The number of hydrogen-bond donors (Lipinski definition) is 5. The summed E-state index contributed by atoms with van der Waals surface area (Å²) in [4.78, 5) is 56.7. The van der Waals surface area contributed by atoms with E-state index < -0.39 is 41.4 Å². The summed E-state index contributed by atoms with van der Waals surface area (Å²) >= 11 is 0. The summed E-state index contributed by atoms with van der Waals surface area (Å²) in [6, 6.07) is 15.2. The molecule has 3 aromatic rings. The Morgan fingerprint density at radius 2 is 1.58 bits per heavy atom. The number of aromatic nitrogens is 1. The van der Waals surface area contributed by atoms with Crippen LogP contribution in [-0.2, 0) is 38.6 Å². The van der Waals surface area contributed by atoms with Gasteiger partial charge >= 0.3 is 6.09 Å². The van der Waals surface area contributed by atoms with Crippen LogP contribution in [0.4, 0.5) is 4.79 Å². The molecule has 43 heavy (non-hydrogen) atoms. The van der Waals surface area contributed by atoms with Gasteiger partial charge in [0.25, 0.3) is 0 Å². The van der Waals surface area contributed by atoms with Crippen molar-refractivity contribution in [1.82, 2.24) is 20.9 Å². The molecule has 230 valence electrons. The fourth-order valence-electron chi connectivity index (χ4n) is 5.67. The summed E-state index contributed by atoms with van der Waals surface area (Å²) in [5.74, 6) is -2.06. The molecule has 5 atom stereocenters. The van der Waals surface area contributed by atoms with Crippen molar-refractivity contribution in [2.45, 2.75) is 84.0 Å². The van der Waals surface area contributed by atoms with Gasteiger partial charge in [-0.05, 0) is 41.9 Å². The van der Waals surface area contributed by atoms with E-state index in [-0.39, 0.29) is 24.9 Å². The maximum Gasteiger partial charge on any atom is 0.408 e. The average Bonchev–Trinajstić information content (AvgIpc) is 3.38. The second-order valence-electron chi connectivity index (χ2n) is 11.7. The van der Waals surface area contributed by atoms with E-state index in [0.717, 1.165) is 27.7 Å². The molecule has 1 heterocycles. The third-order valence-electron chi connectivity index (χ3n) is 8.77. The van der Waals surface area contributed by atoms with E-state index in [1.807, 2.05) is 82.3 Å². The number of primary amides is 1.